The van der Waals surface area contributed by atoms with Crippen LogP contribution < -0.4 is 5.32 Å². The maximum atomic E-state index is 12.2. The Bertz CT molecular complexity index is 750. The molecule has 8 heteroatoms. The highest BCUT2D eigenvalue weighted by Gasteiger charge is 2.10. The van der Waals surface area contributed by atoms with E-state index in [1.807, 2.05) is 12.1 Å². The van der Waals surface area contributed by atoms with E-state index in [0.717, 1.165) is 5.69 Å². The number of carbonyl (C=O) groups is 1. The zero-order valence-electron chi connectivity index (χ0n) is 11.6. The maximum absolute atomic E-state index is 12.2. The van der Waals surface area contributed by atoms with Gasteiger partial charge in [-0.3, -0.25) is 9.48 Å². The van der Waals surface area contributed by atoms with Crippen LogP contribution in [0.3, 0.4) is 0 Å². The highest BCUT2D eigenvalue weighted by molar-refractivity contribution is 6.02. The Morgan fingerprint density at radius 2 is 2.05 bits per heavy atom. The molecule has 0 radical (unpaired) electrons. The van der Waals surface area contributed by atoms with Crippen molar-refractivity contribution in [1.29, 1.82) is 0 Å². The van der Waals surface area contributed by atoms with E-state index in [1.54, 1.807) is 35.4 Å². The predicted molar refractivity (Wildman–Crippen MR) is 77.5 cm³/mol. The van der Waals surface area contributed by atoms with Crippen LogP contribution in [0, 0.1) is 0 Å². The Morgan fingerprint density at radius 3 is 2.73 bits per heavy atom. The number of hydrogen-bond acceptors (Lipinski definition) is 4. The number of amides is 1. The number of alkyl halides is 1. The van der Waals surface area contributed by atoms with Crippen LogP contribution in [0.15, 0.2) is 49.2 Å². The maximum Gasteiger partial charge on any atom is 0.276 e. The lowest BCUT2D eigenvalue weighted by Crippen LogP contribution is -2.13. The molecule has 0 saturated heterocycles. The molecule has 0 aliphatic carbocycles. The molecule has 0 bridgehead atoms. The summed E-state index contributed by atoms with van der Waals surface area (Å²) in [4.78, 5) is 15.9. The lowest BCUT2D eigenvalue weighted by atomic mass is 10.2. The molecule has 0 aliphatic heterocycles. The van der Waals surface area contributed by atoms with E-state index in [2.05, 4.69) is 20.5 Å². The van der Waals surface area contributed by atoms with Crippen LogP contribution in [0.1, 0.15) is 10.5 Å². The number of nitrogens with one attached hydrogen (secondary N) is 1. The summed E-state index contributed by atoms with van der Waals surface area (Å²) < 4.78 is 15.2. The highest BCUT2D eigenvalue weighted by Crippen LogP contribution is 2.13. The van der Waals surface area contributed by atoms with E-state index in [-0.39, 0.29) is 18.1 Å². The lowest BCUT2D eigenvalue weighted by molar-refractivity contribution is 0.102. The van der Waals surface area contributed by atoms with E-state index >= 15 is 0 Å². The Hall–Kier alpha value is -3.03. The molecular formula is C14H13FN6O. The minimum atomic E-state index is -0.521. The minimum absolute atomic E-state index is 0.139. The molecule has 7 nitrogen and oxygen atoms in total. The SMILES string of the molecule is O=C(Nc1ccc(-n2cncn2)cc1)c1ccn(CCF)n1. The first kappa shape index (κ1) is 13.9. The van der Waals surface area contributed by atoms with Crippen LogP contribution in [0.25, 0.3) is 5.69 Å². The van der Waals surface area contributed by atoms with Gasteiger partial charge in [-0.1, -0.05) is 0 Å². The molecule has 1 N–H and O–H groups in total. The van der Waals surface area contributed by atoms with Gasteiger partial charge in [0.2, 0.25) is 0 Å². The molecule has 3 rings (SSSR count). The molecule has 2 heterocycles. The van der Waals surface area contributed by atoms with Crippen molar-refractivity contribution in [3.05, 3.63) is 54.9 Å². The zero-order chi connectivity index (χ0) is 15.4. The molecule has 22 heavy (non-hydrogen) atoms. The topological polar surface area (TPSA) is 77.6 Å². The van der Waals surface area contributed by atoms with Gasteiger partial charge in [-0.2, -0.15) is 10.2 Å². The smallest absolute Gasteiger partial charge is 0.276 e. The number of anilines is 1. The summed E-state index contributed by atoms with van der Waals surface area (Å²) in [5.41, 5.74) is 1.71. The van der Waals surface area contributed by atoms with Crippen LogP contribution in [0.4, 0.5) is 10.1 Å². The largest absolute Gasteiger partial charge is 0.321 e. The molecule has 0 aliphatic rings. The summed E-state index contributed by atoms with van der Waals surface area (Å²) in [5, 5.41) is 10.7. The van der Waals surface area contributed by atoms with Gasteiger partial charge in [0.05, 0.1) is 12.2 Å². The van der Waals surface area contributed by atoms with Crippen molar-refractivity contribution in [2.75, 3.05) is 12.0 Å². The second-order valence-electron chi connectivity index (χ2n) is 4.49. The van der Waals surface area contributed by atoms with Crippen molar-refractivity contribution in [3.8, 4) is 5.69 Å². The van der Waals surface area contributed by atoms with Gasteiger partial charge >= 0.3 is 0 Å². The van der Waals surface area contributed by atoms with Gasteiger partial charge in [0.1, 0.15) is 19.3 Å². The molecule has 2 aromatic heterocycles. The zero-order valence-corrected chi connectivity index (χ0v) is 11.6. The summed E-state index contributed by atoms with van der Waals surface area (Å²) >= 11 is 0. The molecular weight excluding hydrogens is 287 g/mol. The van der Waals surface area contributed by atoms with Crippen LogP contribution in [0.2, 0.25) is 0 Å². The number of halogens is 1. The van der Waals surface area contributed by atoms with Gasteiger partial charge in [-0.05, 0) is 30.3 Å². The number of nitrogens with zero attached hydrogens (tertiary/aromatic N) is 5. The second kappa shape index (κ2) is 6.17. The molecule has 1 amide bonds. The fraction of sp³-hybridized carbons (Fsp3) is 0.143. The first-order valence-electron chi connectivity index (χ1n) is 6.62. The first-order chi connectivity index (χ1) is 10.8. The summed E-state index contributed by atoms with van der Waals surface area (Å²) in [7, 11) is 0. The Balaban J connectivity index is 1.68. The third-order valence-corrected chi connectivity index (χ3v) is 3.00. The van der Waals surface area contributed by atoms with Crippen molar-refractivity contribution in [2.45, 2.75) is 6.54 Å². The number of aryl methyl sites for hydroxylation is 1. The third kappa shape index (κ3) is 3.00. The van der Waals surface area contributed by atoms with E-state index in [9.17, 15) is 9.18 Å². The fourth-order valence-corrected chi connectivity index (χ4v) is 1.93. The number of hydrogen-bond donors (Lipinski definition) is 1. The minimum Gasteiger partial charge on any atom is -0.321 e. The van der Waals surface area contributed by atoms with E-state index in [0.29, 0.717) is 5.69 Å². The lowest BCUT2D eigenvalue weighted by Gasteiger charge is -2.05. The summed E-state index contributed by atoms with van der Waals surface area (Å²) in [5.74, 6) is -0.342. The summed E-state index contributed by atoms with van der Waals surface area (Å²) in [6.07, 6.45) is 4.61. The first-order valence-corrected chi connectivity index (χ1v) is 6.62. The van der Waals surface area contributed by atoms with Crippen LogP contribution in [-0.4, -0.2) is 37.1 Å². The monoisotopic (exact) mass is 300 g/mol. The molecule has 1 aromatic carbocycles. The highest BCUT2D eigenvalue weighted by atomic mass is 19.1. The van der Waals surface area contributed by atoms with Crippen LogP contribution in [0.5, 0.6) is 0 Å². The van der Waals surface area contributed by atoms with E-state index < -0.39 is 6.67 Å². The third-order valence-electron chi connectivity index (χ3n) is 3.00. The standard InChI is InChI=1S/C14H13FN6O/c15-6-8-20-7-5-13(19-20)14(22)18-11-1-3-12(4-2-11)21-10-16-9-17-21/h1-5,7,9-10H,6,8H2,(H,18,22). The van der Waals surface area contributed by atoms with Crippen molar-refractivity contribution >= 4 is 11.6 Å². The molecule has 0 saturated carbocycles. The molecule has 0 atom stereocenters. The Labute approximate surface area is 125 Å². The summed E-state index contributed by atoms with van der Waals surface area (Å²) in [6, 6.07) is 8.69. The van der Waals surface area contributed by atoms with Crippen molar-refractivity contribution in [1.82, 2.24) is 24.5 Å². The van der Waals surface area contributed by atoms with E-state index in [1.165, 1.54) is 11.0 Å². The number of rotatable bonds is 5. The second-order valence-corrected chi connectivity index (χ2v) is 4.49. The number of carbonyl (C=O) groups excluding carboxylic acids is 1. The average Bonchev–Trinajstić information content (AvgIpc) is 3.20. The normalized spacial score (nSPS) is 10.6. The van der Waals surface area contributed by atoms with Crippen molar-refractivity contribution in [3.63, 3.8) is 0 Å². The Kier molecular flexibility index (Phi) is 3.90. The fourth-order valence-electron chi connectivity index (χ4n) is 1.93. The van der Waals surface area contributed by atoms with Crippen LogP contribution in [-0.2, 0) is 6.54 Å². The number of aromatic nitrogens is 5. The average molecular weight is 300 g/mol. The van der Waals surface area contributed by atoms with Crippen molar-refractivity contribution < 1.29 is 9.18 Å². The van der Waals surface area contributed by atoms with Gasteiger partial charge in [-0.15, -0.1) is 0 Å². The van der Waals surface area contributed by atoms with Gasteiger partial charge in [0, 0.05) is 11.9 Å². The van der Waals surface area contributed by atoms with E-state index in [4.69, 9.17) is 0 Å². The van der Waals surface area contributed by atoms with Gasteiger partial charge in [0.15, 0.2) is 5.69 Å². The predicted octanol–water partition coefficient (Wildman–Crippen LogP) is 1.69. The van der Waals surface area contributed by atoms with Crippen LogP contribution >= 0.6 is 0 Å². The van der Waals surface area contributed by atoms with Crippen molar-refractivity contribution in [2.24, 2.45) is 0 Å². The summed E-state index contributed by atoms with van der Waals surface area (Å²) in [6.45, 7) is -0.383. The van der Waals surface area contributed by atoms with Gasteiger partial charge in [-0.25, -0.2) is 14.1 Å². The molecule has 0 unspecified atom stereocenters. The molecule has 3 aromatic rings. The number of benzene rings is 1. The van der Waals surface area contributed by atoms with Gasteiger partial charge < -0.3 is 5.32 Å². The molecule has 0 fully saturated rings. The Morgan fingerprint density at radius 1 is 1.23 bits per heavy atom. The molecule has 0 spiro atoms. The quantitative estimate of drug-likeness (QED) is 0.777. The molecule has 112 valence electrons. The van der Waals surface area contributed by atoms with Gasteiger partial charge in [0.25, 0.3) is 5.91 Å².